The average Bonchev–Trinajstić information content (AvgIpc) is 3.02. The Kier molecular flexibility index (Phi) is 16.3. The minimum atomic E-state index is -9.08. The molecule has 4 nitrogen and oxygen atoms in total. The Morgan fingerprint density at radius 3 is 0.397 bits per heavy atom. The Morgan fingerprint density at radius 1 is 0.206 bits per heavy atom. The van der Waals surface area contributed by atoms with Gasteiger partial charge in [0.25, 0.3) is 0 Å². The number of halogens is 38. The third kappa shape index (κ3) is 8.12. The molecule has 0 atom stereocenters. The van der Waals surface area contributed by atoms with E-state index >= 15 is 0 Å². The van der Waals surface area contributed by atoms with Crippen molar-refractivity contribution in [2.45, 2.75) is 107 Å². The number of carboxylic acids is 2. The van der Waals surface area contributed by atoms with Crippen molar-refractivity contribution < 1.29 is 203 Å². The van der Waals surface area contributed by atoms with Crippen molar-refractivity contribution in [2.75, 3.05) is 0 Å². The van der Waals surface area contributed by atoms with Crippen molar-refractivity contribution in [2.24, 2.45) is 0 Å². The summed E-state index contributed by atoms with van der Waals surface area (Å²) in [4.78, 5) is 19.4. The van der Waals surface area contributed by atoms with Crippen LogP contribution in [0.4, 0.5) is 167 Å². The van der Waals surface area contributed by atoms with E-state index in [9.17, 15) is 187 Å². The molecule has 0 amide bonds. The van der Waals surface area contributed by atoms with Crippen LogP contribution in [0.25, 0.3) is 0 Å². The minimum absolute atomic E-state index is 0. The van der Waals surface area contributed by atoms with E-state index in [0.29, 0.717) is 0 Å². The first kappa shape index (κ1) is 64.1. The molecule has 43 heteroatoms. The molecular formula is C20CoF38O4. The molecule has 0 aliphatic carbocycles. The van der Waals surface area contributed by atoms with Gasteiger partial charge < -0.3 is 19.8 Å². The maximum Gasteiger partial charge on any atom is 2.00 e. The average molecular weight is 1090 g/mol. The van der Waals surface area contributed by atoms with Crippen LogP contribution >= 0.6 is 0 Å². The molecular weight excluding hydrogens is 1090 g/mol. The summed E-state index contributed by atoms with van der Waals surface area (Å²) < 4.78 is 483. The van der Waals surface area contributed by atoms with Crippen LogP contribution in [0.15, 0.2) is 0 Å². The van der Waals surface area contributed by atoms with Crippen molar-refractivity contribution in [3.8, 4) is 0 Å². The van der Waals surface area contributed by atoms with Gasteiger partial charge in [-0.2, -0.15) is 167 Å². The third-order valence-corrected chi connectivity index (χ3v) is 6.75. The Balaban J connectivity index is -0.00000112. The van der Waals surface area contributed by atoms with Crippen molar-refractivity contribution in [3.05, 3.63) is 0 Å². The fraction of sp³-hybridized carbons (Fsp3) is 0.900. The van der Waals surface area contributed by atoms with Crippen LogP contribution in [0.3, 0.4) is 0 Å². The zero-order chi connectivity index (χ0) is 52.2. The molecule has 0 unspecified atom stereocenters. The van der Waals surface area contributed by atoms with Crippen molar-refractivity contribution in [1.82, 2.24) is 0 Å². The number of rotatable bonds is 16. The Hall–Kier alpha value is -3.21. The van der Waals surface area contributed by atoms with Gasteiger partial charge in [-0.3, -0.25) is 0 Å². The quantitative estimate of drug-likeness (QED) is 0.145. The maximum absolute atomic E-state index is 13.1. The molecule has 0 N–H and O–H groups in total. The van der Waals surface area contributed by atoms with E-state index in [1.165, 1.54) is 0 Å². The summed E-state index contributed by atoms with van der Waals surface area (Å²) >= 11 is 0. The molecule has 0 saturated carbocycles. The molecule has 1 radical (unpaired) electrons. The van der Waals surface area contributed by atoms with Crippen LogP contribution in [0.5, 0.6) is 0 Å². The summed E-state index contributed by atoms with van der Waals surface area (Å²) in [6.45, 7) is 0. The van der Waals surface area contributed by atoms with Gasteiger partial charge in [-0.15, -0.1) is 0 Å². The molecule has 0 aliphatic rings. The summed E-state index contributed by atoms with van der Waals surface area (Å²) in [6, 6.07) is 0. The fourth-order valence-corrected chi connectivity index (χ4v) is 2.98. The molecule has 0 aromatic carbocycles. The number of carbonyl (C=O) groups is 2. The van der Waals surface area contributed by atoms with Crippen molar-refractivity contribution in [1.29, 1.82) is 0 Å². The largest absolute Gasteiger partial charge is 2.00 e. The molecule has 0 bridgehead atoms. The minimum Gasteiger partial charge on any atom is -0.544 e. The first-order valence-electron chi connectivity index (χ1n) is 12.5. The Morgan fingerprint density at radius 2 is 0.302 bits per heavy atom. The summed E-state index contributed by atoms with van der Waals surface area (Å²) in [7, 11) is 0. The van der Waals surface area contributed by atoms with Gasteiger partial charge in [-0.1, -0.05) is 0 Å². The molecule has 0 spiro atoms. The SMILES string of the molecule is O=C([O-])C(F)(F)C(F)(F)C(F)(F)C(F)(F)C(F)(F)C(F)(F)C(F)(F)C(F)(F)C(F)(F)F.O=C([O-])C(F)(F)C(F)(F)C(F)(F)C(F)(F)C(F)(F)C(F)(F)C(F)(F)C(F)(F)C(F)(F)F.[Co+2]. The second-order valence-electron chi connectivity index (χ2n) is 10.8. The summed E-state index contributed by atoms with van der Waals surface area (Å²) in [5.41, 5.74) is 0. The van der Waals surface area contributed by atoms with Gasteiger partial charge in [0, 0.05) is 0 Å². The van der Waals surface area contributed by atoms with Gasteiger partial charge in [-0.05, 0) is 0 Å². The van der Waals surface area contributed by atoms with Crippen LogP contribution in [0.2, 0.25) is 0 Å². The number of hydrogen-bond acceptors (Lipinski definition) is 4. The first-order valence-corrected chi connectivity index (χ1v) is 12.5. The number of carboxylic acid groups (broad SMARTS) is 2. The molecule has 63 heavy (non-hydrogen) atoms. The third-order valence-electron chi connectivity index (χ3n) is 6.75. The van der Waals surface area contributed by atoms with E-state index in [4.69, 9.17) is 0 Å². The van der Waals surface area contributed by atoms with Crippen molar-refractivity contribution >= 4 is 11.9 Å². The van der Waals surface area contributed by atoms with Crippen LogP contribution in [-0.4, -0.2) is 119 Å². The van der Waals surface area contributed by atoms with Crippen LogP contribution in [-0.2, 0) is 26.4 Å². The Bertz CT molecular complexity index is 1530. The van der Waals surface area contributed by atoms with Crippen LogP contribution < -0.4 is 10.2 Å². The standard InChI is InChI=1S/2C10HF19O2.Co/c2*11-2(12,1(30)31)3(13,14)4(15,16)5(17,18)6(19,20)7(21,22)8(23,24)9(25,26)10(27,28)29;/h2*(H,30,31);/q;;+2/p-2. The maximum atomic E-state index is 13.1. The van der Waals surface area contributed by atoms with E-state index in [1.54, 1.807) is 0 Å². The molecule has 0 heterocycles. The van der Waals surface area contributed by atoms with E-state index < -0.39 is 119 Å². The van der Waals surface area contributed by atoms with E-state index in [0.717, 1.165) is 0 Å². The number of alkyl halides is 38. The van der Waals surface area contributed by atoms with Crippen LogP contribution in [0.1, 0.15) is 0 Å². The number of hydrogen-bond donors (Lipinski definition) is 0. The summed E-state index contributed by atoms with van der Waals surface area (Å²) in [5, 5.41) is 19.4. The molecule has 0 saturated heterocycles. The molecule has 0 fully saturated rings. The van der Waals surface area contributed by atoms with Crippen molar-refractivity contribution in [3.63, 3.8) is 0 Å². The zero-order valence-corrected chi connectivity index (χ0v) is 27.4. The molecule has 379 valence electrons. The van der Waals surface area contributed by atoms with Gasteiger partial charge in [0.15, 0.2) is 0 Å². The zero-order valence-electron chi connectivity index (χ0n) is 26.3. The number of carbonyl (C=O) groups excluding carboxylic acids is 2. The van der Waals surface area contributed by atoms with Gasteiger partial charge in [0.2, 0.25) is 0 Å². The fourth-order valence-electron chi connectivity index (χ4n) is 2.98. The summed E-state index contributed by atoms with van der Waals surface area (Å²) in [5.74, 6) is -148. The molecule has 0 aliphatic heterocycles. The number of aliphatic carboxylic acids is 2. The molecule has 0 rings (SSSR count). The molecule has 0 aromatic heterocycles. The van der Waals surface area contributed by atoms with Gasteiger partial charge in [-0.25, -0.2) is 0 Å². The van der Waals surface area contributed by atoms with Gasteiger partial charge in [0.1, 0.15) is 11.9 Å². The smallest absolute Gasteiger partial charge is 0.544 e. The predicted molar refractivity (Wildman–Crippen MR) is 101 cm³/mol. The predicted octanol–water partition coefficient (Wildman–Crippen LogP) is 8.76. The second-order valence-corrected chi connectivity index (χ2v) is 10.8. The first-order chi connectivity index (χ1) is 25.9. The van der Waals surface area contributed by atoms with E-state index in [2.05, 4.69) is 0 Å². The normalized spacial score (nSPS) is 16.2. The molecule has 0 aromatic rings. The van der Waals surface area contributed by atoms with E-state index in [-0.39, 0.29) is 16.8 Å². The monoisotopic (exact) mass is 1080 g/mol. The summed E-state index contributed by atoms with van der Waals surface area (Å²) in [6.07, 6.45) is -15.9. The van der Waals surface area contributed by atoms with Crippen LogP contribution in [0, 0.1) is 0 Å². The van der Waals surface area contributed by atoms with Gasteiger partial charge in [0.05, 0.1) is 0 Å². The van der Waals surface area contributed by atoms with E-state index in [1.807, 2.05) is 0 Å². The Labute approximate surface area is 323 Å². The van der Waals surface area contributed by atoms with Gasteiger partial charge >= 0.3 is 124 Å². The topological polar surface area (TPSA) is 80.3 Å². The second kappa shape index (κ2) is 16.0.